The molecular weight excluding hydrogens is 933 g/mol. The Bertz CT molecular complexity index is 2470. The van der Waals surface area contributed by atoms with Crippen LogP contribution in [0.25, 0.3) is 12.2 Å². The summed E-state index contributed by atoms with van der Waals surface area (Å²) < 4.78 is 15.9. The van der Waals surface area contributed by atoms with Crippen molar-refractivity contribution in [2.24, 2.45) is 0 Å². The average Bonchev–Trinajstić information content (AvgIpc) is 4.03. The van der Waals surface area contributed by atoms with Gasteiger partial charge >= 0.3 is 11.9 Å². The molecule has 2 aliphatic heterocycles. The third kappa shape index (κ3) is 14.8. The van der Waals surface area contributed by atoms with Crippen molar-refractivity contribution < 1.29 is 38.5 Å². The second-order valence-electron chi connectivity index (χ2n) is 16.4. The molecule has 69 heavy (non-hydrogen) atoms. The Labute approximate surface area is 414 Å². The monoisotopic (exact) mass is 990 g/mol. The highest BCUT2D eigenvalue weighted by Gasteiger charge is 2.44. The van der Waals surface area contributed by atoms with E-state index in [1.807, 2.05) is 182 Å². The van der Waals surface area contributed by atoms with Crippen LogP contribution in [-0.4, -0.2) is 102 Å². The van der Waals surface area contributed by atoms with Gasteiger partial charge in [0.05, 0.1) is 44.9 Å². The van der Waals surface area contributed by atoms with Gasteiger partial charge in [-0.05, 0) is 33.4 Å². The van der Waals surface area contributed by atoms with Crippen LogP contribution in [0, 0.1) is 0 Å². The number of hydrogen-bond acceptors (Lipinski definition) is 8. The van der Waals surface area contributed by atoms with Crippen LogP contribution in [0.5, 0.6) is 0 Å². The number of β-amino-alcohol motifs (C(OH)–C–C–N with tert-alkyl or cyclic N) is 1. The maximum absolute atomic E-state index is 13.9. The van der Waals surface area contributed by atoms with Gasteiger partial charge in [0, 0.05) is 31.3 Å². The van der Waals surface area contributed by atoms with Crippen molar-refractivity contribution in [1.82, 2.24) is 9.80 Å². The molecule has 0 spiro atoms. The van der Waals surface area contributed by atoms with Crippen LogP contribution in [0.1, 0.15) is 58.1 Å². The smallest absolute Gasteiger partial charge is 0.328 e. The SMILES string of the molecule is BrC/C=C/c1ccccc1.COC(=O)[C@@H]1C[C@H](O)CN1C(=O)C(c1ccccc1)c1ccccc1.COC(=O)[C@@H]1C[C@H](OC/C=C/c2ccccc2)CN1C(=O)C(c1ccccc1)c1ccccc1. The number of methoxy groups -OCH3 is 2. The molecule has 10 nitrogen and oxygen atoms in total. The van der Waals surface area contributed by atoms with Crippen LogP contribution < -0.4 is 0 Å². The molecule has 356 valence electrons. The lowest BCUT2D eigenvalue weighted by Gasteiger charge is -2.28. The Balaban J connectivity index is 0.000000195. The highest BCUT2D eigenvalue weighted by molar-refractivity contribution is 9.09. The molecule has 0 unspecified atom stereocenters. The van der Waals surface area contributed by atoms with Gasteiger partial charge in [-0.25, -0.2) is 9.59 Å². The largest absolute Gasteiger partial charge is 0.467 e. The molecule has 2 saturated heterocycles. The Hall–Kier alpha value is -6.92. The first-order chi connectivity index (χ1) is 33.7. The first kappa shape index (κ1) is 51.5. The normalized spacial score (nSPS) is 17.5. The van der Waals surface area contributed by atoms with E-state index in [2.05, 4.69) is 40.2 Å². The zero-order valence-corrected chi connectivity index (χ0v) is 40.5. The van der Waals surface area contributed by atoms with E-state index in [9.17, 15) is 24.3 Å². The minimum absolute atomic E-state index is 0.126. The fraction of sp³-hybridized carbons (Fsp3) is 0.241. The average molecular weight is 992 g/mol. The highest BCUT2D eigenvalue weighted by atomic mass is 79.9. The topological polar surface area (TPSA) is 123 Å². The summed E-state index contributed by atoms with van der Waals surface area (Å²) in [6.07, 6.45) is 7.76. The van der Waals surface area contributed by atoms with Gasteiger partial charge in [0.1, 0.15) is 12.1 Å². The van der Waals surface area contributed by atoms with Gasteiger partial charge in [0.15, 0.2) is 0 Å². The molecule has 2 heterocycles. The number of allylic oxidation sites excluding steroid dienone is 1. The molecule has 0 bridgehead atoms. The van der Waals surface area contributed by atoms with Crippen molar-refractivity contribution in [1.29, 1.82) is 0 Å². The molecule has 2 amide bonds. The van der Waals surface area contributed by atoms with E-state index in [0.29, 0.717) is 19.6 Å². The minimum Gasteiger partial charge on any atom is -0.467 e. The zero-order valence-electron chi connectivity index (χ0n) is 38.9. The van der Waals surface area contributed by atoms with E-state index in [-0.39, 0.29) is 30.9 Å². The lowest BCUT2D eigenvalue weighted by atomic mass is 9.90. The molecule has 0 saturated carbocycles. The van der Waals surface area contributed by atoms with E-state index < -0.39 is 42.0 Å². The number of nitrogens with zero attached hydrogens (tertiary/aromatic N) is 2. The molecule has 6 aromatic rings. The highest BCUT2D eigenvalue weighted by Crippen LogP contribution is 2.33. The van der Waals surface area contributed by atoms with Crippen molar-refractivity contribution in [2.75, 3.05) is 39.2 Å². The van der Waals surface area contributed by atoms with E-state index >= 15 is 0 Å². The van der Waals surface area contributed by atoms with Gasteiger partial charge in [0.25, 0.3) is 0 Å². The number of rotatable bonds is 14. The summed E-state index contributed by atoms with van der Waals surface area (Å²) in [6, 6.07) is 57.1. The summed E-state index contributed by atoms with van der Waals surface area (Å²) in [6.45, 7) is 0.874. The summed E-state index contributed by atoms with van der Waals surface area (Å²) in [7, 11) is 2.65. The Kier molecular flexibility index (Phi) is 20.3. The van der Waals surface area contributed by atoms with Gasteiger partial charge in [-0.1, -0.05) is 222 Å². The molecule has 11 heteroatoms. The third-order valence-corrected chi connectivity index (χ3v) is 12.2. The first-order valence-corrected chi connectivity index (χ1v) is 24.1. The van der Waals surface area contributed by atoms with Gasteiger partial charge in [-0.2, -0.15) is 0 Å². The van der Waals surface area contributed by atoms with Crippen LogP contribution in [0.15, 0.2) is 194 Å². The fourth-order valence-corrected chi connectivity index (χ4v) is 8.68. The number of carbonyl (C=O) groups is 4. The molecule has 2 fully saturated rings. The number of halogens is 1. The maximum Gasteiger partial charge on any atom is 0.328 e. The second kappa shape index (κ2) is 27.2. The molecule has 4 atom stereocenters. The Morgan fingerprint density at radius 2 is 0.884 bits per heavy atom. The second-order valence-corrected chi connectivity index (χ2v) is 17.1. The van der Waals surface area contributed by atoms with Crippen LogP contribution >= 0.6 is 15.9 Å². The number of benzene rings is 6. The molecule has 0 aliphatic carbocycles. The van der Waals surface area contributed by atoms with Crippen molar-refractivity contribution in [2.45, 2.75) is 49.0 Å². The Morgan fingerprint density at radius 3 is 1.26 bits per heavy atom. The van der Waals surface area contributed by atoms with E-state index in [1.165, 1.54) is 24.7 Å². The minimum atomic E-state index is -0.748. The number of likely N-dealkylation sites (tertiary alicyclic amines) is 2. The van der Waals surface area contributed by atoms with Crippen LogP contribution in [-0.2, 0) is 33.4 Å². The van der Waals surface area contributed by atoms with Gasteiger partial charge in [-0.15, -0.1) is 0 Å². The van der Waals surface area contributed by atoms with E-state index in [0.717, 1.165) is 33.1 Å². The lowest BCUT2D eigenvalue weighted by Crippen LogP contribution is -2.43. The molecule has 2 aliphatic rings. The quantitative estimate of drug-likeness (QED) is 0.0846. The van der Waals surface area contributed by atoms with Crippen molar-refractivity contribution >= 4 is 51.8 Å². The van der Waals surface area contributed by atoms with Crippen LogP contribution in [0.2, 0.25) is 0 Å². The summed E-state index contributed by atoms with van der Waals surface area (Å²) in [4.78, 5) is 54.9. The molecule has 6 aromatic carbocycles. The van der Waals surface area contributed by atoms with Crippen molar-refractivity contribution in [3.05, 3.63) is 228 Å². The predicted octanol–water partition coefficient (Wildman–Crippen LogP) is 9.74. The predicted molar refractivity (Wildman–Crippen MR) is 274 cm³/mol. The van der Waals surface area contributed by atoms with Gasteiger partial charge in [-0.3, -0.25) is 9.59 Å². The van der Waals surface area contributed by atoms with Gasteiger partial charge in [0.2, 0.25) is 11.8 Å². The third-order valence-electron chi connectivity index (χ3n) is 11.8. The zero-order chi connectivity index (χ0) is 48.8. The number of aliphatic hydroxyl groups excluding tert-OH is 1. The van der Waals surface area contributed by atoms with E-state index in [4.69, 9.17) is 14.2 Å². The van der Waals surface area contributed by atoms with E-state index in [1.54, 1.807) is 4.90 Å². The standard InChI is InChI=1S/C29H29NO4.C20H21NO4.C9H9Br/c1-33-29(32)26-20-25(34-19-11-14-22-12-5-2-6-13-22)21-30(26)28(31)27(23-15-7-3-8-16-23)24-17-9-4-10-18-24;1-25-20(24)17-12-16(22)13-21(17)19(23)18(14-8-4-2-5-9-14)15-10-6-3-7-11-15;10-8-4-7-9-5-2-1-3-6-9/h2-18,25-27H,19-21H2,1H3;2-11,16-18,22H,12-13H2,1H3;1-7H,8H2/b14-11+;;7-4+/t25-,26-;16-,17-;/m00./s1. The first-order valence-electron chi connectivity index (χ1n) is 23.0. The lowest BCUT2D eigenvalue weighted by molar-refractivity contribution is -0.151. The molecule has 1 N–H and O–H groups in total. The number of aliphatic hydroxyl groups is 1. The summed E-state index contributed by atoms with van der Waals surface area (Å²) in [5.41, 5.74) is 5.82. The summed E-state index contributed by atoms with van der Waals surface area (Å²) in [5, 5.41) is 10.9. The van der Waals surface area contributed by atoms with Crippen molar-refractivity contribution in [3.63, 3.8) is 0 Å². The molecule has 0 aromatic heterocycles. The summed E-state index contributed by atoms with van der Waals surface area (Å²) in [5.74, 6) is -2.28. The number of hydrogen-bond donors (Lipinski definition) is 1. The fourth-order valence-electron chi connectivity index (χ4n) is 8.49. The van der Waals surface area contributed by atoms with Gasteiger partial charge < -0.3 is 29.1 Å². The molecule has 0 radical (unpaired) electrons. The number of esters is 2. The number of ether oxygens (including phenoxy) is 3. The van der Waals surface area contributed by atoms with Crippen molar-refractivity contribution in [3.8, 4) is 0 Å². The number of carbonyl (C=O) groups excluding carboxylic acids is 4. The number of alkyl halides is 1. The molecular formula is C58H59BrN2O8. The Morgan fingerprint density at radius 1 is 0.536 bits per heavy atom. The number of amides is 2. The summed E-state index contributed by atoms with van der Waals surface area (Å²) >= 11 is 3.32. The molecule has 8 rings (SSSR count). The van der Waals surface area contributed by atoms with Crippen LogP contribution in [0.4, 0.5) is 0 Å². The van der Waals surface area contributed by atoms with Crippen LogP contribution in [0.3, 0.4) is 0 Å². The maximum atomic E-state index is 13.9.